The van der Waals surface area contributed by atoms with Gasteiger partial charge >= 0.3 is 0 Å². The van der Waals surface area contributed by atoms with Gasteiger partial charge in [0, 0.05) is 15.6 Å². The van der Waals surface area contributed by atoms with Crippen LogP contribution in [0.3, 0.4) is 0 Å². The monoisotopic (exact) mass is 353 g/mol. The van der Waals surface area contributed by atoms with Crippen molar-refractivity contribution in [2.24, 2.45) is 0 Å². The van der Waals surface area contributed by atoms with Crippen molar-refractivity contribution in [2.75, 3.05) is 11.9 Å². The van der Waals surface area contributed by atoms with Gasteiger partial charge in [0.25, 0.3) is 5.91 Å². The maximum atomic E-state index is 12.3. The van der Waals surface area contributed by atoms with E-state index in [0.29, 0.717) is 32.1 Å². The highest BCUT2D eigenvalue weighted by molar-refractivity contribution is 6.36. The minimum absolute atomic E-state index is 0.179. The van der Waals surface area contributed by atoms with E-state index < -0.39 is 0 Å². The molecular formula is C16H10Cl3NO2. The molecule has 1 heterocycles. The van der Waals surface area contributed by atoms with E-state index in [2.05, 4.69) is 5.32 Å². The normalized spacial score (nSPS) is 13.0. The highest BCUT2D eigenvalue weighted by Crippen LogP contribution is 2.30. The summed E-state index contributed by atoms with van der Waals surface area (Å²) in [5.41, 5.74) is 1.70. The number of carbonyl (C=O) groups is 1. The minimum atomic E-state index is -0.296. The van der Waals surface area contributed by atoms with Gasteiger partial charge in [-0.1, -0.05) is 34.8 Å². The summed E-state index contributed by atoms with van der Waals surface area (Å²) in [6, 6.07) is 10.1. The van der Waals surface area contributed by atoms with E-state index in [-0.39, 0.29) is 12.5 Å². The summed E-state index contributed by atoms with van der Waals surface area (Å²) in [7, 11) is 0. The molecule has 0 aliphatic carbocycles. The van der Waals surface area contributed by atoms with Gasteiger partial charge < -0.3 is 10.1 Å². The fourth-order valence-corrected chi connectivity index (χ4v) is 2.59. The zero-order valence-corrected chi connectivity index (χ0v) is 13.5. The number of anilines is 1. The molecule has 2 aromatic rings. The van der Waals surface area contributed by atoms with Gasteiger partial charge in [0.1, 0.15) is 12.4 Å². The highest BCUT2D eigenvalue weighted by atomic mass is 35.5. The smallest absolute Gasteiger partial charge is 0.255 e. The average molecular weight is 355 g/mol. The van der Waals surface area contributed by atoms with Gasteiger partial charge in [-0.25, -0.2) is 0 Å². The van der Waals surface area contributed by atoms with Crippen LogP contribution in [0.5, 0.6) is 5.75 Å². The SMILES string of the molecule is O=C(Nc1cc(Cl)ccc1Cl)C1=Cc2cc(Cl)ccc2OC1. The zero-order chi connectivity index (χ0) is 15.7. The second kappa shape index (κ2) is 6.21. The Morgan fingerprint density at radius 1 is 1.05 bits per heavy atom. The molecule has 0 saturated heterocycles. The van der Waals surface area contributed by atoms with Crippen LogP contribution in [0.1, 0.15) is 5.56 Å². The largest absolute Gasteiger partial charge is 0.488 e. The Hall–Kier alpha value is -1.68. The maximum absolute atomic E-state index is 12.3. The third-order valence-corrected chi connectivity index (χ3v) is 3.95. The Kier molecular flexibility index (Phi) is 4.30. The Balaban J connectivity index is 1.85. The van der Waals surface area contributed by atoms with Crippen molar-refractivity contribution in [3.05, 3.63) is 62.6 Å². The van der Waals surface area contributed by atoms with E-state index >= 15 is 0 Å². The van der Waals surface area contributed by atoms with Crippen LogP contribution in [0.2, 0.25) is 15.1 Å². The lowest BCUT2D eigenvalue weighted by molar-refractivity contribution is -0.113. The first-order chi connectivity index (χ1) is 10.5. The predicted molar refractivity (Wildman–Crippen MR) is 90.0 cm³/mol. The van der Waals surface area contributed by atoms with Gasteiger partial charge in [0.2, 0.25) is 0 Å². The van der Waals surface area contributed by atoms with Gasteiger partial charge in [0.05, 0.1) is 16.3 Å². The van der Waals surface area contributed by atoms with Gasteiger partial charge in [-0.15, -0.1) is 0 Å². The molecule has 6 heteroatoms. The van der Waals surface area contributed by atoms with Crippen molar-refractivity contribution in [3.63, 3.8) is 0 Å². The average Bonchev–Trinajstić information content (AvgIpc) is 2.50. The van der Waals surface area contributed by atoms with Crippen molar-refractivity contribution in [2.45, 2.75) is 0 Å². The predicted octanol–water partition coefficient (Wildman–Crippen LogP) is 5.06. The molecule has 0 saturated carbocycles. The fraction of sp³-hybridized carbons (Fsp3) is 0.0625. The van der Waals surface area contributed by atoms with Crippen LogP contribution in [-0.2, 0) is 4.79 Å². The summed E-state index contributed by atoms with van der Waals surface area (Å²) in [6.07, 6.45) is 1.75. The summed E-state index contributed by atoms with van der Waals surface area (Å²) >= 11 is 17.9. The minimum Gasteiger partial charge on any atom is -0.488 e. The molecule has 1 N–H and O–H groups in total. The lowest BCUT2D eigenvalue weighted by Gasteiger charge is -2.18. The number of rotatable bonds is 2. The third kappa shape index (κ3) is 3.22. The van der Waals surface area contributed by atoms with E-state index in [1.807, 2.05) is 0 Å². The number of hydrogen-bond donors (Lipinski definition) is 1. The molecule has 0 atom stereocenters. The van der Waals surface area contributed by atoms with Gasteiger partial charge in [-0.2, -0.15) is 0 Å². The Labute approximate surface area is 142 Å². The van der Waals surface area contributed by atoms with Crippen molar-refractivity contribution in [3.8, 4) is 5.75 Å². The molecule has 2 aromatic carbocycles. The van der Waals surface area contributed by atoms with Crippen molar-refractivity contribution in [1.82, 2.24) is 0 Å². The molecule has 3 nitrogen and oxygen atoms in total. The maximum Gasteiger partial charge on any atom is 0.255 e. The number of fused-ring (bicyclic) bond motifs is 1. The van der Waals surface area contributed by atoms with Crippen molar-refractivity contribution < 1.29 is 9.53 Å². The van der Waals surface area contributed by atoms with E-state index in [0.717, 1.165) is 5.56 Å². The summed E-state index contributed by atoms with van der Waals surface area (Å²) < 4.78 is 5.56. The van der Waals surface area contributed by atoms with Crippen LogP contribution < -0.4 is 10.1 Å². The first-order valence-corrected chi connectivity index (χ1v) is 7.55. The lowest BCUT2D eigenvalue weighted by atomic mass is 10.1. The summed E-state index contributed by atoms with van der Waals surface area (Å²) in [5.74, 6) is 0.400. The molecule has 0 aromatic heterocycles. The fourth-order valence-electron chi connectivity index (χ4n) is 2.08. The van der Waals surface area contributed by atoms with Crippen LogP contribution in [-0.4, -0.2) is 12.5 Å². The highest BCUT2D eigenvalue weighted by Gasteiger charge is 2.18. The molecule has 0 bridgehead atoms. The molecule has 1 aliphatic rings. The third-order valence-electron chi connectivity index (χ3n) is 3.15. The summed E-state index contributed by atoms with van der Waals surface area (Å²) in [5, 5.41) is 4.22. The number of nitrogens with one attached hydrogen (secondary N) is 1. The summed E-state index contributed by atoms with van der Waals surface area (Å²) in [6.45, 7) is 0.179. The van der Waals surface area contributed by atoms with E-state index in [9.17, 15) is 4.79 Å². The molecule has 1 amide bonds. The standard InChI is InChI=1S/C16H10Cl3NO2/c17-11-2-4-15-9(6-11)5-10(8-22-15)16(21)20-14-7-12(18)1-3-13(14)19/h1-7H,8H2,(H,20,21). The quantitative estimate of drug-likeness (QED) is 0.818. The second-order valence-electron chi connectivity index (χ2n) is 4.72. The molecule has 112 valence electrons. The number of amides is 1. The topological polar surface area (TPSA) is 38.3 Å². The van der Waals surface area contributed by atoms with Crippen LogP contribution in [0, 0.1) is 0 Å². The molecule has 0 unspecified atom stereocenters. The van der Waals surface area contributed by atoms with Gasteiger partial charge in [-0.3, -0.25) is 4.79 Å². The molecule has 0 radical (unpaired) electrons. The number of benzene rings is 2. The van der Waals surface area contributed by atoms with Crippen molar-refractivity contribution >= 4 is 52.5 Å². The molecule has 3 rings (SSSR count). The van der Waals surface area contributed by atoms with E-state index in [4.69, 9.17) is 39.5 Å². The zero-order valence-electron chi connectivity index (χ0n) is 11.2. The molecule has 22 heavy (non-hydrogen) atoms. The molecular weight excluding hydrogens is 345 g/mol. The number of hydrogen-bond acceptors (Lipinski definition) is 2. The van der Waals surface area contributed by atoms with E-state index in [1.165, 1.54) is 0 Å². The number of carbonyl (C=O) groups excluding carboxylic acids is 1. The number of halogens is 3. The van der Waals surface area contributed by atoms with Gasteiger partial charge in [0.15, 0.2) is 0 Å². The van der Waals surface area contributed by atoms with Crippen LogP contribution in [0.25, 0.3) is 6.08 Å². The van der Waals surface area contributed by atoms with E-state index in [1.54, 1.807) is 42.5 Å². The Morgan fingerprint density at radius 3 is 2.59 bits per heavy atom. The molecule has 0 spiro atoms. The van der Waals surface area contributed by atoms with Crippen LogP contribution in [0.4, 0.5) is 5.69 Å². The van der Waals surface area contributed by atoms with Crippen LogP contribution >= 0.6 is 34.8 Å². The first-order valence-electron chi connectivity index (χ1n) is 6.42. The first kappa shape index (κ1) is 15.2. The van der Waals surface area contributed by atoms with Gasteiger partial charge in [-0.05, 0) is 42.5 Å². The summed E-state index contributed by atoms with van der Waals surface area (Å²) in [4.78, 5) is 12.3. The molecule has 1 aliphatic heterocycles. The van der Waals surface area contributed by atoms with Crippen molar-refractivity contribution in [1.29, 1.82) is 0 Å². The Morgan fingerprint density at radius 2 is 1.77 bits per heavy atom. The Bertz CT molecular complexity index is 787. The van der Waals surface area contributed by atoms with Crippen LogP contribution in [0.15, 0.2) is 42.0 Å². The lowest BCUT2D eigenvalue weighted by Crippen LogP contribution is -2.21. The molecule has 0 fully saturated rings. The number of ether oxygens (including phenoxy) is 1. The second-order valence-corrected chi connectivity index (χ2v) is 6.00.